The van der Waals surface area contributed by atoms with Crippen LogP contribution >= 0.6 is 0 Å². The van der Waals surface area contributed by atoms with Crippen LogP contribution in [-0.4, -0.2) is 37.6 Å². The van der Waals surface area contributed by atoms with E-state index in [1.54, 1.807) is 0 Å². The molecule has 1 aliphatic heterocycles. The number of likely N-dealkylation sites (tertiary alicyclic amines) is 1. The lowest BCUT2D eigenvalue weighted by Gasteiger charge is -2.40. The Balaban J connectivity index is 1.55. The molecular weight excluding hydrogens is 346 g/mol. The molecule has 1 saturated carbocycles. The van der Waals surface area contributed by atoms with E-state index in [2.05, 4.69) is 65.6 Å². The molecule has 1 spiro atoms. The van der Waals surface area contributed by atoms with E-state index in [0.717, 1.165) is 45.3 Å². The van der Waals surface area contributed by atoms with E-state index >= 15 is 0 Å². The van der Waals surface area contributed by atoms with Crippen LogP contribution in [0.15, 0.2) is 60.7 Å². The van der Waals surface area contributed by atoms with E-state index in [4.69, 9.17) is 4.74 Å². The van der Waals surface area contributed by atoms with Gasteiger partial charge in [-0.1, -0.05) is 73.5 Å². The van der Waals surface area contributed by atoms with E-state index in [1.807, 2.05) is 0 Å². The van der Waals surface area contributed by atoms with Gasteiger partial charge in [0.05, 0.1) is 13.0 Å². The van der Waals surface area contributed by atoms with Gasteiger partial charge >= 0.3 is 5.97 Å². The van der Waals surface area contributed by atoms with E-state index in [1.165, 1.54) is 24.7 Å². The quantitative estimate of drug-likeness (QED) is 0.696. The lowest BCUT2D eigenvalue weighted by atomic mass is 9.65. The molecule has 0 aromatic heterocycles. The molecule has 0 N–H and O–H groups in total. The van der Waals surface area contributed by atoms with Gasteiger partial charge in [0.25, 0.3) is 0 Å². The largest absolute Gasteiger partial charge is 0.469 e. The van der Waals surface area contributed by atoms with Gasteiger partial charge in [-0.25, -0.2) is 0 Å². The van der Waals surface area contributed by atoms with Crippen LogP contribution in [0.3, 0.4) is 0 Å². The molecule has 1 heterocycles. The van der Waals surface area contributed by atoms with Gasteiger partial charge in [-0.05, 0) is 42.3 Å². The van der Waals surface area contributed by atoms with Crippen molar-refractivity contribution in [3.8, 4) is 0 Å². The van der Waals surface area contributed by atoms with Crippen LogP contribution in [-0.2, 0) is 9.53 Å². The number of methoxy groups -OCH3 is 1. The second kappa shape index (κ2) is 8.48. The lowest BCUT2D eigenvalue weighted by Crippen LogP contribution is -2.42. The monoisotopic (exact) mass is 377 g/mol. The maximum Gasteiger partial charge on any atom is 0.309 e. The van der Waals surface area contributed by atoms with Crippen LogP contribution in [0.25, 0.3) is 0 Å². The zero-order valence-corrected chi connectivity index (χ0v) is 16.8. The number of ether oxygens (including phenoxy) is 1. The molecule has 2 aromatic rings. The molecule has 28 heavy (non-hydrogen) atoms. The third-order valence-electron chi connectivity index (χ3n) is 6.95. The summed E-state index contributed by atoms with van der Waals surface area (Å²) in [6.45, 7) is 3.09. The highest BCUT2D eigenvalue weighted by atomic mass is 16.5. The highest BCUT2D eigenvalue weighted by molar-refractivity contribution is 5.73. The predicted octanol–water partition coefficient (Wildman–Crippen LogP) is 4.87. The second-order valence-electron chi connectivity index (χ2n) is 8.54. The number of esters is 1. The Kier molecular flexibility index (Phi) is 5.82. The summed E-state index contributed by atoms with van der Waals surface area (Å²) < 4.78 is 5.17. The van der Waals surface area contributed by atoms with Gasteiger partial charge < -0.3 is 9.64 Å². The average Bonchev–Trinajstić information content (AvgIpc) is 3.15. The molecule has 0 unspecified atom stereocenters. The summed E-state index contributed by atoms with van der Waals surface area (Å²) in [5.41, 5.74) is 2.84. The summed E-state index contributed by atoms with van der Waals surface area (Å²) in [7, 11) is 1.54. The van der Waals surface area contributed by atoms with Crippen molar-refractivity contribution in [1.29, 1.82) is 0 Å². The SMILES string of the molecule is COC(=O)[C@H]1CCCC[C@]12CCN(CC(c1ccccc1)c1ccccc1)C2. The number of carbonyl (C=O) groups excluding carboxylic acids is 1. The Labute approximate surface area is 168 Å². The number of hydrogen-bond donors (Lipinski definition) is 0. The molecular formula is C25H31NO2. The van der Waals surface area contributed by atoms with Crippen molar-refractivity contribution < 1.29 is 9.53 Å². The molecule has 2 aliphatic rings. The van der Waals surface area contributed by atoms with Crippen LogP contribution in [0.5, 0.6) is 0 Å². The summed E-state index contributed by atoms with van der Waals surface area (Å²) in [6.07, 6.45) is 5.65. The molecule has 1 saturated heterocycles. The summed E-state index contributed by atoms with van der Waals surface area (Å²) in [5, 5.41) is 0. The molecule has 2 fully saturated rings. The highest BCUT2D eigenvalue weighted by Gasteiger charge is 2.49. The number of rotatable bonds is 5. The molecule has 0 radical (unpaired) electrons. The van der Waals surface area contributed by atoms with Gasteiger partial charge in [-0.15, -0.1) is 0 Å². The first-order valence-electron chi connectivity index (χ1n) is 10.6. The van der Waals surface area contributed by atoms with Gasteiger partial charge in [-0.3, -0.25) is 4.79 Å². The summed E-state index contributed by atoms with van der Waals surface area (Å²) >= 11 is 0. The summed E-state index contributed by atoms with van der Waals surface area (Å²) in [4.78, 5) is 15.0. The minimum Gasteiger partial charge on any atom is -0.469 e. The summed E-state index contributed by atoms with van der Waals surface area (Å²) in [5.74, 6) is 0.435. The maximum atomic E-state index is 12.5. The minimum absolute atomic E-state index is 0.00391. The molecule has 4 rings (SSSR count). The molecule has 148 valence electrons. The first-order valence-corrected chi connectivity index (χ1v) is 10.6. The Bertz CT molecular complexity index is 736. The number of carbonyl (C=O) groups is 1. The average molecular weight is 378 g/mol. The molecule has 3 heteroatoms. The van der Waals surface area contributed by atoms with E-state index in [9.17, 15) is 4.79 Å². The van der Waals surface area contributed by atoms with Crippen LogP contribution in [0, 0.1) is 11.3 Å². The first kappa shape index (κ1) is 19.2. The van der Waals surface area contributed by atoms with E-state index in [-0.39, 0.29) is 17.3 Å². The molecule has 1 aliphatic carbocycles. The second-order valence-corrected chi connectivity index (χ2v) is 8.54. The molecule has 2 aromatic carbocycles. The third kappa shape index (κ3) is 3.86. The number of benzene rings is 2. The third-order valence-corrected chi connectivity index (χ3v) is 6.95. The number of hydrogen-bond acceptors (Lipinski definition) is 3. The van der Waals surface area contributed by atoms with Crippen LogP contribution in [0.1, 0.15) is 49.1 Å². The zero-order chi connectivity index (χ0) is 19.4. The Morgan fingerprint density at radius 1 is 1.04 bits per heavy atom. The standard InChI is InChI=1S/C25H31NO2/c1-28-24(27)23-14-8-9-15-25(23)16-17-26(19-25)18-22(20-10-4-2-5-11-20)21-12-6-3-7-13-21/h2-7,10-13,22-23H,8-9,14-19H2,1H3/t23-,25-/m1/s1. The van der Waals surface area contributed by atoms with Crippen LogP contribution < -0.4 is 0 Å². The highest BCUT2D eigenvalue weighted by Crippen LogP contribution is 2.48. The van der Waals surface area contributed by atoms with Crippen molar-refractivity contribution in [2.45, 2.75) is 38.0 Å². The Morgan fingerprint density at radius 3 is 2.29 bits per heavy atom. The Hall–Kier alpha value is -2.13. The topological polar surface area (TPSA) is 29.5 Å². The smallest absolute Gasteiger partial charge is 0.309 e. The molecule has 0 bridgehead atoms. The van der Waals surface area contributed by atoms with Crippen LogP contribution in [0.4, 0.5) is 0 Å². The van der Waals surface area contributed by atoms with Crippen molar-refractivity contribution in [2.75, 3.05) is 26.7 Å². The van der Waals surface area contributed by atoms with Crippen molar-refractivity contribution in [2.24, 2.45) is 11.3 Å². The first-order chi connectivity index (χ1) is 13.7. The van der Waals surface area contributed by atoms with Crippen molar-refractivity contribution >= 4 is 5.97 Å². The molecule has 0 amide bonds. The summed E-state index contributed by atoms with van der Waals surface area (Å²) in [6, 6.07) is 21.6. The zero-order valence-electron chi connectivity index (χ0n) is 16.8. The van der Waals surface area contributed by atoms with Gasteiger partial charge in [0, 0.05) is 19.0 Å². The van der Waals surface area contributed by atoms with Gasteiger partial charge in [0.1, 0.15) is 0 Å². The molecule has 2 atom stereocenters. The number of nitrogens with zero attached hydrogens (tertiary/aromatic N) is 1. The van der Waals surface area contributed by atoms with E-state index < -0.39 is 0 Å². The maximum absolute atomic E-state index is 12.5. The van der Waals surface area contributed by atoms with Crippen molar-refractivity contribution in [3.05, 3.63) is 71.8 Å². The van der Waals surface area contributed by atoms with Gasteiger partial charge in [0.2, 0.25) is 0 Å². The lowest BCUT2D eigenvalue weighted by molar-refractivity contribution is -0.152. The fourth-order valence-corrected chi connectivity index (χ4v) is 5.48. The Morgan fingerprint density at radius 2 is 1.68 bits per heavy atom. The van der Waals surface area contributed by atoms with Crippen LogP contribution in [0.2, 0.25) is 0 Å². The predicted molar refractivity (Wildman–Crippen MR) is 112 cm³/mol. The normalized spacial score (nSPS) is 25.3. The van der Waals surface area contributed by atoms with Crippen molar-refractivity contribution in [3.63, 3.8) is 0 Å². The van der Waals surface area contributed by atoms with Crippen molar-refractivity contribution in [1.82, 2.24) is 4.90 Å². The fraction of sp³-hybridized carbons (Fsp3) is 0.480. The van der Waals surface area contributed by atoms with E-state index in [0.29, 0.717) is 5.92 Å². The van der Waals surface area contributed by atoms with Gasteiger partial charge in [0.15, 0.2) is 0 Å². The van der Waals surface area contributed by atoms with Gasteiger partial charge in [-0.2, -0.15) is 0 Å². The molecule has 3 nitrogen and oxygen atoms in total. The minimum atomic E-state index is 0.00391. The fourth-order valence-electron chi connectivity index (χ4n) is 5.48.